The molecule has 4 aromatic heterocycles. The van der Waals surface area contributed by atoms with Crippen LogP contribution in [0.25, 0.3) is 32.9 Å². The van der Waals surface area contributed by atoms with E-state index in [0.717, 1.165) is 21.1 Å². The van der Waals surface area contributed by atoms with Gasteiger partial charge in [0.15, 0.2) is 0 Å². The lowest BCUT2D eigenvalue weighted by atomic mass is 10.1. The summed E-state index contributed by atoms with van der Waals surface area (Å²) in [6.07, 6.45) is 8.15. The molecule has 7 heteroatoms. The van der Waals surface area contributed by atoms with Crippen LogP contribution >= 0.6 is 22.6 Å². The fourth-order valence-corrected chi connectivity index (χ4v) is 4.05. The third kappa shape index (κ3) is 4.25. The second-order valence-corrected chi connectivity index (χ2v) is 8.68. The zero-order chi connectivity index (χ0) is 21.9. The summed E-state index contributed by atoms with van der Waals surface area (Å²) in [5.41, 5.74) is 4.52. The highest BCUT2D eigenvalue weighted by molar-refractivity contribution is 14.1. The van der Waals surface area contributed by atoms with Crippen LogP contribution in [-0.2, 0) is 7.05 Å². The Labute approximate surface area is 199 Å². The molecule has 0 aliphatic carbocycles. The van der Waals surface area contributed by atoms with E-state index in [1.54, 1.807) is 6.20 Å². The van der Waals surface area contributed by atoms with E-state index in [4.69, 9.17) is 9.47 Å². The van der Waals surface area contributed by atoms with Crippen molar-refractivity contribution in [1.82, 2.24) is 19.5 Å². The maximum atomic E-state index is 5.76. The molecule has 0 saturated heterocycles. The van der Waals surface area contributed by atoms with Gasteiger partial charge < -0.3 is 14.0 Å². The number of aromatic nitrogens is 4. The Morgan fingerprint density at radius 1 is 0.781 bits per heavy atom. The molecule has 0 bridgehead atoms. The number of pyridine rings is 3. The Kier molecular flexibility index (Phi) is 5.89. The third-order valence-corrected chi connectivity index (χ3v) is 6.01. The molecule has 0 spiro atoms. The van der Waals surface area contributed by atoms with Crippen LogP contribution in [0.3, 0.4) is 0 Å². The maximum Gasteiger partial charge on any atom is 0.213 e. The van der Waals surface area contributed by atoms with Crippen LogP contribution in [0.15, 0.2) is 73.3 Å². The Hall–Kier alpha value is -3.20. The van der Waals surface area contributed by atoms with Crippen molar-refractivity contribution >= 4 is 44.4 Å². The molecule has 0 fully saturated rings. The van der Waals surface area contributed by atoms with Crippen LogP contribution in [0.1, 0.15) is 6.42 Å². The summed E-state index contributed by atoms with van der Waals surface area (Å²) in [5, 5.41) is 2.37. The molecule has 0 aliphatic heterocycles. The van der Waals surface area contributed by atoms with E-state index in [2.05, 4.69) is 67.4 Å². The molecule has 0 atom stereocenters. The molecular formula is C25H21IN4O2. The van der Waals surface area contributed by atoms with Crippen LogP contribution in [0.2, 0.25) is 0 Å². The monoisotopic (exact) mass is 536 g/mol. The number of ether oxygens (including phenoxy) is 2. The Morgan fingerprint density at radius 2 is 1.53 bits per heavy atom. The van der Waals surface area contributed by atoms with Crippen molar-refractivity contribution in [2.45, 2.75) is 6.42 Å². The highest BCUT2D eigenvalue weighted by Crippen LogP contribution is 2.31. The standard InChI is InChI=1S/C25H21IN4O2/c1-30-22-9-10-27-16-21(22)20-6-3-17(13-23(20)30)18-4-7-24(28-14-18)31-11-2-12-32-25-8-5-19(26)15-29-25/h3-10,13-16H,2,11-12H2,1H3. The van der Waals surface area contributed by atoms with Crippen LogP contribution < -0.4 is 9.47 Å². The van der Waals surface area contributed by atoms with Gasteiger partial charge in [-0.3, -0.25) is 4.98 Å². The third-order valence-electron chi connectivity index (χ3n) is 5.37. The van der Waals surface area contributed by atoms with Gasteiger partial charge in [-0.1, -0.05) is 12.1 Å². The fourth-order valence-electron chi connectivity index (χ4n) is 3.73. The maximum absolute atomic E-state index is 5.76. The lowest BCUT2D eigenvalue weighted by molar-refractivity contribution is 0.237. The first-order valence-electron chi connectivity index (χ1n) is 10.3. The number of benzene rings is 1. The number of hydrogen-bond acceptors (Lipinski definition) is 5. The first-order chi connectivity index (χ1) is 15.7. The number of aryl methyl sites for hydroxylation is 1. The molecule has 32 heavy (non-hydrogen) atoms. The molecule has 1 aromatic carbocycles. The van der Waals surface area contributed by atoms with E-state index in [0.29, 0.717) is 25.0 Å². The summed E-state index contributed by atoms with van der Waals surface area (Å²) in [5.74, 6) is 1.24. The summed E-state index contributed by atoms with van der Waals surface area (Å²) in [6, 6.07) is 16.3. The van der Waals surface area contributed by atoms with Gasteiger partial charge >= 0.3 is 0 Å². The van der Waals surface area contributed by atoms with Crippen LogP contribution in [0.4, 0.5) is 0 Å². The minimum atomic E-state index is 0.534. The predicted molar refractivity (Wildman–Crippen MR) is 134 cm³/mol. The van der Waals surface area contributed by atoms with E-state index in [1.807, 2.05) is 48.9 Å². The number of fused-ring (bicyclic) bond motifs is 3. The molecule has 4 heterocycles. The van der Waals surface area contributed by atoms with Crippen molar-refractivity contribution in [3.8, 4) is 22.9 Å². The molecule has 0 unspecified atom stereocenters. The average molecular weight is 536 g/mol. The van der Waals surface area contributed by atoms with Crippen molar-refractivity contribution in [3.63, 3.8) is 0 Å². The average Bonchev–Trinajstić information content (AvgIpc) is 3.12. The van der Waals surface area contributed by atoms with E-state index in [-0.39, 0.29) is 0 Å². The molecule has 6 nitrogen and oxygen atoms in total. The minimum Gasteiger partial charge on any atom is -0.478 e. The van der Waals surface area contributed by atoms with E-state index >= 15 is 0 Å². The predicted octanol–water partition coefficient (Wildman–Crippen LogP) is 5.64. The van der Waals surface area contributed by atoms with Gasteiger partial charge in [-0.05, 0) is 52.4 Å². The quantitative estimate of drug-likeness (QED) is 0.199. The first kappa shape index (κ1) is 20.7. The second-order valence-electron chi connectivity index (χ2n) is 7.43. The van der Waals surface area contributed by atoms with Crippen LogP contribution in [0.5, 0.6) is 11.8 Å². The summed E-state index contributed by atoms with van der Waals surface area (Å²) in [6.45, 7) is 1.08. The second kappa shape index (κ2) is 9.12. The minimum absolute atomic E-state index is 0.534. The van der Waals surface area contributed by atoms with Gasteiger partial charge in [0, 0.05) is 75.8 Å². The van der Waals surface area contributed by atoms with Gasteiger partial charge in [-0.15, -0.1) is 0 Å². The number of hydrogen-bond donors (Lipinski definition) is 0. The van der Waals surface area contributed by atoms with Crippen molar-refractivity contribution in [2.24, 2.45) is 7.05 Å². The number of halogens is 1. The molecule has 0 saturated carbocycles. The van der Waals surface area contributed by atoms with Gasteiger partial charge in [-0.2, -0.15) is 0 Å². The first-order valence-corrected chi connectivity index (χ1v) is 11.4. The van der Waals surface area contributed by atoms with Crippen LogP contribution in [-0.4, -0.2) is 32.7 Å². The lowest BCUT2D eigenvalue weighted by Crippen LogP contribution is -2.06. The summed E-state index contributed by atoms with van der Waals surface area (Å²) >= 11 is 2.22. The van der Waals surface area contributed by atoms with Crippen molar-refractivity contribution < 1.29 is 9.47 Å². The molecule has 160 valence electrons. The topological polar surface area (TPSA) is 62.1 Å². The van der Waals surface area contributed by atoms with E-state index < -0.39 is 0 Å². The zero-order valence-corrected chi connectivity index (χ0v) is 19.7. The smallest absolute Gasteiger partial charge is 0.213 e. The Bertz CT molecular complexity index is 1370. The van der Waals surface area contributed by atoms with Gasteiger partial charge in [0.25, 0.3) is 0 Å². The summed E-state index contributed by atoms with van der Waals surface area (Å²) in [4.78, 5) is 13.0. The largest absolute Gasteiger partial charge is 0.478 e. The van der Waals surface area contributed by atoms with Crippen molar-refractivity contribution in [2.75, 3.05) is 13.2 Å². The fraction of sp³-hybridized carbons (Fsp3) is 0.160. The van der Waals surface area contributed by atoms with E-state index in [9.17, 15) is 0 Å². The molecule has 0 N–H and O–H groups in total. The Balaban J connectivity index is 1.21. The molecule has 5 rings (SSSR count). The zero-order valence-electron chi connectivity index (χ0n) is 17.5. The normalized spacial score (nSPS) is 11.2. The lowest BCUT2D eigenvalue weighted by Gasteiger charge is -2.08. The highest BCUT2D eigenvalue weighted by atomic mass is 127. The number of rotatable bonds is 7. The molecule has 0 aliphatic rings. The summed E-state index contributed by atoms with van der Waals surface area (Å²) in [7, 11) is 2.09. The number of nitrogens with zero attached hydrogens (tertiary/aromatic N) is 4. The van der Waals surface area contributed by atoms with Gasteiger partial charge in [-0.25, -0.2) is 9.97 Å². The van der Waals surface area contributed by atoms with Crippen molar-refractivity contribution in [3.05, 3.63) is 76.9 Å². The molecule has 0 radical (unpaired) electrons. The summed E-state index contributed by atoms with van der Waals surface area (Å²) < 4.78 is 14.7. The molecular weight excluding hydrogens is 515 g/mol. The van der Waals surface area contributed by atoms with Gasteiger partial charge in [0.1, 0.15) is 0 Å². The van der Waals surface area contributed by atoms with Gasteiger partial charge in [0.2, 0.25) is 11.8 Å². The Morgan fingerprint density at radius 3 is 2.25 bits per heavy atom. The van der Waals surface area contributed by atoms with Gasteiger partial charge in [0.05, 0.1) is 18.7 Å². The molecule has 5 aromatic rings. The molecule has 0 amide bonds. The van der Waals surface area contributed by atoms with E-state index in [1.165, 1.54) is 21.8 Å². The van der Waals surface area contributed by atoms with Crippen LogP contribution in [0, 0.1) is 3.57 Å². The van der Waals surface area contributed by atoms with Crippen molar-refractivity contribution in [1.29, 1.82) is 0 Å². The SMILES string of the molecule is Cn1c2ccncc2c2ccc(-c3ccc(OCCCOc4ccc(I)cn4)nc3)cc21. The highest BCUT2D eigenvalue weighted by Gasteiger charge is 2.10.